The number of hydrogen-bond donors (Lipinski definition) is 5. The Kier molecular flexibility index (Phi) is 47.2. The fourth-order valence-electron chi connectivity index (χ4n) is 12.1. The van der Waals surface area contributed by atoms with E-state index in [2.05, 4.69) is 93.7 Å². The van der Waals surface area contributed by atoms with Crippen molar-refractivity contribution in [2.75, 3.05) is 88.2 Å². The summed E-state index contributed by atoms with van der Waals surface area (Å²) in [5.74, 6) is -5.79. The summed E-state index contributed by atoms with van der Waals surface area (Å²) in [7, 11) is 6.53. The van der Waals surface area contributed by atoms with E-state index in [1.165, 1.54) is 50.2 Å². The predicted octanol–water partition coefficient (Wildman–Crippen LogP) is 8.27. The van der Waals surface area contributed by atoms with Crippen LogP contribution in [0, 0.1) is 57.7 Å². The molecule has 3 amide bonds. The summed E-state index contributed by atoms with van der Waals surface area (Å²) in [6.07, 6.45) is 7.45. The number of aliphatic hydroxyl groups excluding tert-OH is 1. The summed E-state index contributed by atoms with van der Waals surface area (Å²) >= 11 is 18.6. The number of aliphatic carboxylic acids is 3. The Balaban J connectivity index is 0.000000730. The van der Waals surface area contributed by atoms with Crippen molar-refractivity contribution in [3.8, 4) is 17.2 Å². The van der Waals surface area contributed by atoms with Gasteiger partial charge in [-0.1, -0.05) is 73.9 Å². The summed E-state index contributed by atoms with van der Waals surface area (Å²) in [6, 6.07) is 11.3. The van der Waals surface area contributed by atoms with Crippen molar-refractivity contribution in [1.82, 2.24) is 40.0 Å². The minimum Gasteiger partial charge on any atom is -0.870 e. The van der Waals surface area contributed by atoms with Crippen LogP contribution in [0.2, 0.25) is 5.02 Å². The van der Waals surface area contributed by atoms with Gasteiger partial charge in [0.2, 0.25) is 11.8 Å². The number of carbonyl (C=O) groups excluding carboxylic acids is 8. The number of amides is 3. The molecule has 39 heteroatoms. The fraction of sp³-hybridized carbons (Fsp3) is 0.603. The first-order valence-corrected chi connectivity index (χ1v) is 40.1. The van der Waals surface area contributed by atoms with Gasteiger partial charge in [0.1, 0.15) is 65.4 Å². The second-order valence-corrected chi connectivity index (χ2v) is 35.2. The molecule has 4 saturated heterocycles. The third-order valence-electron chi connectivity index (χ3n) is 18.4. The van der Waals surface area contributed by atoms with Crippen molar-refractivity contribution in [2.45, 2.75) is 158 Å². The molecule has 4 fully saturated rings. The topological polar surface area (TPSA) is 455 Å². The molecule has 4 aliphatic heterocycles. The number of halogens is 5. The molecule has 33 nitrogen and oxygen atoms in total. The molecule has 8 rings (SSSR count). The van der Waals surface area contributed by atoms with Gasteiger partial charge in [-0.05, 0) is 157 Å². The van der Waals surface area contributed by atoms with Gasteiger partial charge in [0, 0.05) is 104 Å². The number of nitrogens with zero attached hydrogens (tertiary/aromatic N) is 7. The van der Waals surface area contributed by atoms with Gasteiger partial charge >= 0.3 is 72.7 Å². The number of pyridine rings is 4. The number of aromatic nitrogens is 4. The van der Waals surface area contributed by atoms with Gasteiger partial charge in [-0.25, -0.2) is 39.1 Å². The van der Waals surface area contributed by atoms with E-state index in [9.17, 15) is 57.8 Å². The van der Waals surface area contributed by atoms with Gasteiger partial charge in [0.15, 0.2) is 0 Å². The van der Waals surface area contributed by atoms with E-state index >= 15 is 0 Å². The molecule has 0 spiro atoms. The first kappa shape index (κ1) is 108. The molecular weight excluding hydrogens is 1810 g/mol. The number of carboxylic acid groups (broad SMARTS) is 3. The number of likely N-dealkylation sites (tertiary alicyclic amines) is 3. The Morgan fingerprint density at radius 2 is 0.821 bits per heavy atom. The molecular formula is C78H110Br4ClLiN8O25. The summed E-state index contributed by atoms with van der Waals surface area (Å²) in [6.45, 7) is 24.4. The van der Waals surface area contributed by atoms with Gasteiger partial charge in [0.05, 0.1) is 92.4 Å². The van der Waals surface area contributed by atoms with E-state index in [0.717, 1.165) is 27.9 Å². The predicted molar refractivity (Wildman–Crippen MR) is 436 cm³/mol. The van der Waals surface area contributed by atoms with Crippen molar-refractivity contribution < 1.29 is 140 Å². The summed E-state index contributed by atoms with van der Waals surface area (Å²) in [4.78, 5) is 150. The number of rotatable bonds is 23. The second kappa shape index (κ2) is 51.3. The van der Waals surface area contributed by atoms with Gasteiger partial charge in [-0.2, -0.15) is 0 Å². The zero-order chi connectivity index (χ0) is 87.0. The number of aliphatic hydroxyl groups is 1. The molecule has 0 aromatic carbocycles. The van der Waals surface area contributed by atoms with Crippen molar-refractivity contribution in [3.05, 3.63) is 96.8 Å². The molecule has 0 aliphatic carbocycles. The van der Waals surface area contributed by atoms with Crippen LogP contribution in [0.5, 0.6) is 17.2 Å². The minimum absolute atomic E-state index is 0. The average Bonchev–Trinajstić information content (AvgIpc) is 1.69. The first-order chi connectivity index (χ1) is 53.6. The van der Waals surface area contributed by atoms with E-state index in [1.807, 2.05) is 53.7 Å². The Bertz CT molecular complexity index is 3870. The maximum atomic E-state index is 13.4. The van der Waals surface area contributed by atoms with Gasteiger partial charge in [0.25, 0.3) is 0 Å². The SMILES string of the molecule is CC(C)(C)OC(=O)N1C[C@H](CO)C[C@H]1C(=O)O.COC(=O)C[C@H](C(=O)N1C[C@H](COc2ccnc(Br)c2)C[C@H]1C(=O)O)C(C)(C)C.COC(=O)C[C@H](C(=O)N1C[C@H](COc2ccnc(Br)c2)C[C@H]1C(=O)OC)C(C)(C)C.COC(=O)C[C@H](C(=O)O)C(C)(C)C.COC(=O)[C@@H]1C[C@@H](COc2ccnc(Br)c2)CN1.Clc1ccnc(Br)c1.[Li+].[OH-]. The maximum absolute atomic E-state index is 13.4. The van der Waals surface area contributed by atoms with Crippen LogP contribution in [0.15, 0.2) is 91.7 Å². The molecule has 4 aromatic rings. The van der Waals surface area contributed by atoms with Gasteiger partial charge in [-0.15, -0.1) is 0 Å². The number of ether oxygens (including phenoxy) is 9. The normalized spacial score (nSPS) is 19.4. The van der Waals surface area contributed by atoms with Crippen molar-refractivity contribution in [2.24, 2.45) is 57.7 Å². The quantitative estimate of drug-likeness (QED) is 0.0202. The smallest absolute Gasteiger partial charge is 0.870 e. The summed E-state index contributed by atoms with van der Waals surface area (Å²) in [5, 5.41) is 40.4. The Morgan fingerprint density at radius 3 is 1.15 bits per heavy atom. The van der Waals surface area contributed by atoms with Crippen LogP contribution < -0.4 is 38.4 Å². The first-order valence-electron chi connectivity index (χ1n) is 36.6. The molecule has 4 aromatic heterocycles. The zero-order valence-corrected chi connectivity index (χ0v) is 76.4. The van der Waals surface area contributed by atoms with E-state index < -0.39 is 106 Å². The molecule has 648 valence electrons. The van der Waals surface area contributed by atoms with Crippen LogP contribution in [0.1, 0.15) is 128 Å². The molecule has 0 radical (unpaired) electrons. The number of esters is 5. The Morgan fingerprint density at radius 1 is 0.479 bits per heavy atom. The monoisotopic (exact) mass is 1920 g/mol. The van der Waals surface area contributed by atoms with Crippen molar-refractivity contribution in [3.63, 3.8) is 0 Å². The van der Waals surface area contributed by atoms with Crippen molar-refractivity contribution in [1.29, 1.82) is 0 Å². The van der Waals surface area contributed by atoms with Crippen molar-refractivity contribution >= 4 is 141 Å². The number of hydrogen-bond acceptors (Lipinski definition) is 27. The standard InChI is InChI=1S/C21H29BrN2O6.C20H27BrN2O6.C12H15BrN2O3.C11H19NO5.C9H16O4.C5H3BrClN.Li.H2O/c1-21(2,3)15(10-18(25)28-4)19(26)24-11-13(8-16(24)20(27)29-5)12-30-14-6-7-23-17(22)9-14;1-20(2,3)14(9-17(24)28-4)18(25)23-10-12(7-15(23)19(26)27)11-29-13-5-6-22-16(21)8-13;1-17-12(16)10-4-8(6-15-10)7-18-9-2-3-14-11(13)5-9;1-11(2,3)17-10(16)12-5-7(6-13)4-8(12)9(14)15;1-9(2,3)6(8(11)12)5-7(10)13-4;6-5-3-4(7)1-2-8-5;;/h6-7,9,13,15-16H,8,10-12H2,1-5H3;5-6,8,12,14-15H,7,9-11H2,1-4H3,(H,26,27);2-3,5,8,10,15H,4,6-7H2,1H3;7-8,13H,4-6H2,1-3H3,(H,14,15);6H,5H2,1-4H3,(H,11,12);1-3H;;1H2/q;;;;;;+1;/p-1/t13-,15-,16+;12-,14-,15+;8-,10+;7-,8+;6-;;;/m11111.../s1. The van der Waals surface area contributed by atoms with Gasteiger partial charge < -0.3 is 83.7 Å². The molecule has 0 unspecified atom stereocenters. The summed E-state index contributed by atoms with van der Waals surface area (Å²) < 4.78 is 48.8. The van der Waals surface area contributed by atoms with Crippen LogP contribution >= 0.6 is 75.3 Å². The number of nitrogens with one attached hydrogen (secondary N) is 1. The van der Waals surface area contributed by atoms with Crippen LogP contribution in [0.4, 0.5) is 4.79 Å². The maximum Gasteiger partial charge on any atom is 1.00 e. The van der Waals surface area contributed by atoms with Crippen LogP contribution in [-0.2, 0) is 76.4 Å². The Labute approximate surface area is 733 Å². The number of carbonyl (C=O) groups is 11. The molecule has 117 heavy (non-hydrogen) atoms. The van der Waals surface area contributed by atoms with E-state index in [4.69, 9.17) is 64.8 Å². The Hall–Kier alpha value is -7.34. The second-order valence-electron chi connectivity index (χ2n) is 31.5. The molecule has 11 atom stereocenters. The van der Waals surface area contributed by atoms with Crippen LogP contribution in [0.3, 0.4) is 0 Å². The van der Waals surface area contributed by atoms with Crippen LogP contribution in [-0.4, -0.2) is 244 Å². The fourth-order valence-corrected chi connectivity index (χ4v) is 13.8. The number of carboxylic acids is 3. The average molecular weight is 1920 g/mol. The minimum atomic E-state index is -1.06. The molecule has 6 N–H and O–H groups in total. The van der Waals surface area contributed by atoms with E-state index in [1.54, 1.807) is 103 Å². The van der Waals surface area contributed by atoms with E-state index in [0.29, 0.717) is 64.2 Å². The molecule has 8 heterocycles. The molecule has 0 saturated carbocycles. The third kappa shape index (κ3) is 38.3. The van der Waals surface area contributed by atoms with Crippen LogP contribution in [0.25, 0.3) is 0 Å². The zero-order valence-electron chi connectivity index (χ0n) is 69.3. The van der Waals surface area contributed by atoms with Gasteiger partial charge in [-0.3, -0.25) is 38.5 Å². The third-order valence-corrected chi connectivity index (χ3v) is 20.4. The number of methoxy groups -OCH3 is 5. The largest absolute Gasteiger partial charge is 1.00 e. The van der Waals surface area contributed by atoms with E-state index in [-0.39, 0.29) is 118 Å². The molecule has 0 bridgehead atoms. The molecule has 4 aliphatic rings. The summed E-state index contributed by atoms with van der Waals surface area (Å²) in [5.41, 5.74) is -2.09.